The summed E-state index contributed by atoms with van der Waals surface area (Å²) in [6.07, 6.45) is -0.00239. The Morgan fingerprint density at radius 1 is 1.19 bits per heavy atom. The maximum atomic E-state index is 13.7. The highest BCUT2D eigenvalue weighted by molar-refractivity contribution is 5.94. The Morgan fingerprint density at radius 3 is 2.36 bits per heavy atom. The lowest BCUT2D eigenvalue weighted by Gasteiger charge is -2.34. The average Bonchev–Trinajstić information content (AvgIpc) is 2.79. The Hall–Kier alpha value is -4.09. The molecule has 12 nitrogen and oxygen atoms in total. The fraction of sp³-hybridized carbons (Fsp3) is 0.458. The predicted molar refractivity (Wildman–Crippen MR) is 129 cm³/mol. The molecule has 0 saturated carbocycles. The molecule has 198 valence electrons. The van der Waals surface area contributed by atoms with Crippen molar-refractivity contribution in [2.45, 2.75) is 51.3 Å². The number of rotatable bonds is 12. The molecule has 36 heavy (non-hydrogen) atoms. The van der Waals surface area contributed by atoms with Crippen molar-refractivity contribution in [3.63, 3.8) is 0 Å². The molecule has 0 aromatic heterocycles. The lowest BCUT2D eigenvalue weighted by Crippen LogP contribution is -2.53. The second-order valence-corrected chi connectivity index (χ2v) is 8.74. The van der Waals surface area contributed by atoms with Gasteiger partial charge in [-0.3, -0.25) is 19.2 Å². The summed E-state index contributed by atoms with van der Waals surface area (Å²) in [6.45, 7) is 7.85. The molecular formula is C24H34N4O8. The van der Waals surface area contributed by atoms with Crippen LogP contribution in [-0.2, 0) is 28.7 Å². The number of amides is 4. The van der Waals surface area contributed by atoms with E-state index in [4.69, 9.17) is 10.5 Å². The highest BCUT2D eigenvalue weighted by atomic mass is 16.6. The average molecular weight is 507 g/mol. The van der Waals surface area contributed by atoms with Crippen LogP contribution >= 0.6 is 0 Å². The van der Waals surface area contributed by atoms with E-state index in [1.54, 1.807) is 26.8 Å². The molecule has 0 bridgehead atoms. The van der Waals surface area contributed by atoms with Crippen LogP contribution < -0.4 is 16.4 Å². The Kier molecular flexibility index (Phi) is 11.4. The van der Waals surface area contributed by atoms with Crippen LogP contribution in [0.5, 0.6) is 5.75 Å². The van der Waals surface area contributed by atoms with Crippen LogP contribution in [0.2, 0.25) is 0 Å². The van der Waals surface area contributed by atoms with Gasteiger partial charge in [-0.15, -0.1) is 6.58 Å². The quantitative estimate of drug-likeness (QED) is 0.238. The second kappa shape index (κ2) is 13.7. The van der Waals surface area contributed by atoms with E-state index in [2.05, 4.69) is 21.9 Å². The zero-order valence-corrected chi connectivity index (χ0v) is 20.9. The Labute approximate surface area is 209 Å². The van der Waals surface area contributed by atoms with Crippen molar-refractivity contribution in [3.05, 3.63) is 42.5 Å². The van der Waals surface area contributed by atoms with Gasteiger partial charge < -0.3 is 35.8 Å². The van der Waals surface area contributed by atoms with Crippen molar-refractivity contribution in [1.29, 1.82) is 0 Å². The third-order valence-electron chi connectivity index (χ3n) is 4.70. The summed E-state index contributed by atoms with van der Waals surface area (Å²) >= 11 is 0. The van der Waals surface area contributed by atoms with E-state index in [9.17, 15) is 29.1 Å². The summed E-state index contributed by atoms with van der Waals surface area (Å²) in [5, 5.41) is 15.3. The van der Waals surface area contributed by atoms with Crippen molar-refractivity contribution in [2.75, 3.05) is 20.2 Å². The molecule has 2 unspecified atom stereocenters. The van der Waals surface area contributed by atoms with Gasteiger partial charge in [-0.1, -0.05) is 24.3 Å². The van der Waals surface area contributed by atoms with Gasteiger partial charge in [0.2, 0.25) is 17.7 Å². The summed E-state index contributed by atoms with van der Waals surface area (Å²) in [4.78, 5) is 63.3. The molecule has 0 aliphatic rings. The Balaban J connectivity index is 3.45. The molecule has 2 atom stereocenters. The number of carbonyl (C=O) groups is 5. The van der Waals surface area contributed by atoms with E-state index < -0.39 is 54.0 Å². The minimum atomic E-state index is -1.43. The molecule has 0 aliphatic carbocycles. The molecular weight excluding hydrogens is 472 g/mol. The number of nitrogens with one attached hydrogen (secondary N) is 2. The van der Waals surface area contributed by atoms with E-state index >= 15 is 0 Å². The fourth-order valence-electron chi connectivity index (χ4n) is 3.15. The first kappa shape index (κ1) is 29.9. The number of primary amides is 1. The van der Waals surface area contributed by atoms with Crippen LogP contribution in [0.3, 0.4) is 0 Å². The maximum absolute atomic E-state index is 13.7. The van der Waals surface area contributed by atoms with Gasteiger partial charge in [0.25, 0.3) is 0 Å². The number of phenols is 1. The van der Waals surface area contributed by atoms with Crippen LogP contribution in [0, 0.1) is 0 Å². The number of esters is 1. The van der Waals surface area contributed by atoms with Crippen LogP contribution in [0.1, 0.15) is 45.2 Å². The number of aromatic hydroxyl groups is 1. The summed E-state index contributed by atoms with van der Waals surface area (Å²) in [5.74, 6) is -3.30. The molecule has 1 aromatic rings. The minimum absolute atomic E-state index is 0.0565. The molecule has 0 spiro atoms. The van der Waals surface area contributed by atoms with E-state index in [0.717, 1.165) is 12.0 Å². The van der Waals surface area contributed by atoms with Crippen molar-refractivity contribution >= 4 is 29.8 Å². The highest BCUT2D eigenvalue weighted by Crippen LogP contribution is 2.30. The lowest BCUT2D eigenvalue weighted by molar-refractivity contribution is -0.144. The van der Waals surface area contributed by atoms with Crippen LogP contribution in [0.15, 0.2) is 36.9 Å². The van der Waals surface area contributed by atoms with Gasteiger partial charge in [0.1, 0.15) is 30.0 Å². The molecule has 0 fully saturated rings. The van der Waals surface area contributed by atoms with Gasteiger partial charge in [-0.25, -0.2) is 4.79 Å². The predicted octanol–water partition coefficient (Wildman–Crippen LogP) is 0.896. The topological polar surface area (TPSA) is 177 Å². The molecule has 0 radical (unpaired) electrons. The van der Waals surface area contributed by atoms with E-state index in [0.29, 0.717) is 0 Å². The number of nitrogens with zero attached hydrogens (tertiary/aromatic N) is 1. The van der Waals surface area contributed by atoms with E-state index in [1.807, 2.05) is 0 Å². The normalized spacial score (nSPS) is 12.4. The van der Waals surface area contributed by atoms with Gasteiger partial charge in [0.05, 0.1) is 7.11 Å². The lowest BCUT2D eigenvalue weighted by atomic mass is 10.0. The van der Waals surface area contributed by atoms with Crippen molar-refractivity contribution in [1.82, 2.24) is 15.5 Å². The van der Waals surface area contributed by atoms with Gasteiger partial charge in [-0.05, 0) is 33.3 Å². The third kappa shape index (κ3) is 9.65. The smallest absolute Gasteiger partial charge is 0.408 e. The number of benzene rings is 1. The Bertz CT molecular complexity index is 973. The fourth-order valence-corrected chi connectivity index (χ4v) is 3.15. The van der Waals surface area contributed by atoms with Gasteiger partial charge >= 0.3 is 12.1 Å². The second-order valence-electron chi connectivity index (χ2n) is 8.74. The van der Waals surface area contributed by atoms with Crippen LogP contribution in [0.4, 0.5) is 4.79 Å². The first-order chi connectivity index (χ1) is 16.8. The number of hydrogen-bond acceptors (Lipinski definition) is 8. The zero-order valence-electron chi connectivity index (χ0n) is 20.9. The number of para-hydroxylation sites is 1. The van der Waals surface area contributed by atoms with Gasteiger partial charge in [-0.2, -0.15) is 0 Å². The first-order valence-electron chi connectivity index (χ1n) is 11.1. The molecule has 0 saturated heterocycles. The van der Waals surface area contributed by atoms with Crippen molar-refractivity contribution in [3.8, 4) is 5.75 Å². The molecule has 12 heteroatoms. The first-order valence-corrected chi connectivity index (χ1v) is 11.1. The number of carbonyl (C=O) groups excluding carboxylic acids is 5. The number of alkyl carbamates (subject to hydrolysis) is 1. The summed E-state index contributed by atoms with van der Waals surface area (Å²) in [6, 6.07) is 3.10. The number of nitrogens with two attached hydrogens (primary N) is 1. The molecule has 4 amide bonds. The standard InChI is InChI=1S/C24H34N4O8/c1-6-13-28(22(33)16(11-12-18(25)30)27-23(34)36-24(2,3)4)20(15-9-7-8-10-17(15)29)21(32)26-14-19(31)35-5/h6-10,16,20,29H,1,11-14H2,2-5H3,(H2,25,30)(H,26,32)(H,27,34). The molecule has 1 aromatic carbocycles. The summed E-state index contributed by atoms with van der Waals surface area (Å²) < 4.78 is 9.76. The van der Waals surface area contributed by atoms with Crippen molar-refractivity contribution < 1.29 is 38.6 Å². The third-order valence-corrected chi connectivity index (χ3v) is 4.70. The maximum Gasteiger partial charge on any atom is 0.408 e. The number of ether oxygens (including phenoxy) is 2. The monoisotopic (exact) mass is 506 g/mol. The molecule has 5 N–H and O–H groups in total. The van der Waals surface area contributed by atoms with E-state index in [-0.39, 0.29) is 30.7 Å². The SMILES string of the molecule is C=CCN(C(=O)C(CCC(N)=O)NC(=O)OC(C)(C)C)C(C(=O)NCC(=O)OC)c1ccccc1O. The largest absolute Gasteiger partial charge is 0.508 e. The molecule has 1 rings (SSSR count). The minimum Gasteiger partial charge on any atom is -0.508 e. The summed E-state index contributed by atoms with van der Waals surface area (Å²) in [5.41, 5.74) is 4.43. The molecule has 0 aliphatic heterocycles. The number of hydrogen-bond donors (Lipinski definition) is 4. The van der Waals surface area contributed by atoms with E-state index in [1.165, 1.54) is 24.3 Å². The highest BCUT2D eigenvalue weighted by Gasteiger charge is 2.37. The Morgan fingerprint density at radius 2 is 1.83 bits per heavy atom. The number of phenolic OH excluding ortho intramolecular Hbond substituents is 1. The van der Waals surface area contributed by atoms with Gasteiger partial charge in [0.15, 0.2) is 0 Å². The number of methoxy groups -OCH3 is 1. The van der Waals surface area contributed by atoms with Gasteiger partial charge in [0, 0.05) is 18.5 Å². The molecule has 0 heterocycles. The summed E-state index contributed by atoms with van der Waals surface area (Å²) in [7, 11) is 1.15. The zero-order chi connectivity index (χ0) is 27.5. The van der Waals surface area contributed by atoms with Crippen LogP contribution in [0.25, 0.3) is 0 Å². The van der Waals surface area contributed by atoms with Crippen LogP contribution in [-0.4, -0.2) is 71.6 Å². The van der Waals surface area contributed by atoms with Crippen molar-refractivity contribution in [2.24, 2.45) is 5.73 Å².